The number of benzene rings is 1. The average Bonchev–Trinajstić information content (AvgIpc) is 3.08. The topological polar surface area (TPSA) is 58.2 Å². The number of H-pyrrole nitrogens is 1. The number of nitrogens with one attached hydrogen (secondary N) is 1. The zero-order chi connectivity index (χ0) is 18.1. The molecule has 0 saturated carbocycles. The molecule has 1 fully saturated rings. The number of nitrogens with zero attached hydrogens (tertiary/aromatic N) is 2. The van der Waals surface area contributed by atoms with Gasteiger partial charge in [0, 0.05) is 24.1 Å². The summed E-state index contributed by atoms with van der Waals surface area (Å²) in [6.45, 7) is 4.84. The lowest BCUT2D eigenvalue weighted by atomic mass is 9.93. The van der Waals surface area contributed by atoms with Crippen LogP contribution in [0.3, 0.4) is 0 Å². The summed E-state index contributed by atoms with van der Waals surface area (Å²) in [5.41, 5.74) is 5.16. The Morgan fingerprint density at radius 1 is 1.19 bits per heavy atom. The van der Waals surface area contributed by atoms with Crippen molar-refractivity contribution >= 4 is 0 Å². The Morgan fingerprint density at radius 3 is 2.62 bits per heavy atom. The maximum absolute atomic E-state index is 11.7. The lowest BCUT2D eigenvalue weighted by molar-refractivity contribution is 0.201. The molecule has 4 rings (SSSR count). The highest BCUT2D eigenvalue weighted by atomic mass is 16.5. The van der Waals surface area contributed by atoms with E-state index in [4.69, 9.17) is 4.74 Å². The Bertz CT molecular complexity index is 851. The van der Waals surface area contributed by atoms with Crippen molar-refractivity contribution in [1.82, 2.24) is 14.9 Å². The number of ether oxygens (including phenoxy) is 1. The van der Waals surface area contributed by atoms with E-state index in [1.54, 1.807) is 13.2 Å². The summed E-state index contributed by atoms with van der Waals surface area (Å²) < 4.78 is 5.65. The molecule has 1 saturated heterocycles. The van der Waals surface area contributed by atoms with E-state index in [0.29, 0.717) is 11.7 Å². The van der Waals surface area contributed by atoms with E-state index in [1.165, 1.54) is 36.0 Å². The molecule has 1 aromatic carbocycles. The number of aromatic amines is 1. The van der Waals surface area contributed by atoms with E-state index in [2.05, 4.69) is 27.0 Å². The molecule has 2 aromatic rings. The van der Waals surface area contributed by atoms with Gasteiger partial charge in [0.2, 0.25) is 0 Å². The Morgan fingerprint density at radius 2 is 1.92 bits per heavy atom. The Hall–Kier alpha value is -2.14. The summed E-state index contributed by atoms with van der Waals surface area (Å²) in [5, 5.41) is 0. The molecule has 5 nitrogen and oxygen atoms in total. The van der Waals surface area contributed by atoms with Gasteiger partial charge in [-0.05, 0) is 69.3 Å². The van der Waals surface area contributed by atoms with Crippen LogP contribution in [0.15, 0.2) is 23.0 Å². The third-order valence-electron chi connectivity index (χ3n) is 5.77. The van der Waals surface area contributed by atoms with Crippen molar-refractivity contribution < 1.29 is 4.74 Å². The van der Waals surface area contributed by atoms with Gasteiger partial charge in [0.05, 0.1) is 12.8 Å². The number of aromatic nitrogens is 2. The second-order valence-electron chi connectivity index (χ2n) is 7.59. The summed E-state index contributed by atoms with van der Waals surface area (Å²) in [6.07, 6.45) is 5.73. The van der Waals surface area contributed by atoms with Gasteiger partial charge in [0.25, 0.3) is 5.56 Å². The lowest BCUT2D eigenvalue weighted by Gasteiger charge is -2.32. The normalized spacial score (nSPS) is 18.1. The van der Waals surface area contributed by atoms with Crippen LogP contribution in [0.1, 0.15) is 53.4 Å². The molecule has 2 heterocycles. The molecular formula is C21H27N3O2. The number of hydrogen-bond donors (Lipinski definition) is 1. The van der Waals surface area contributed by atoms with Crippen molar-refractivity contribution in [3.63, 3.8) is 0 Å². The van der Waals surface area contributed by atoms with Crippen LogP contribution in [0.2, 0.25) is 0 Å². The van der Waals surface area contributed by atoms with Gasteiger partial charge in [-0.15, -0.1) is 0 Å². The van der Waals surface area contributed by atoms with Crippen molar-refractivity contribution in [1.29, 1.82) is 0 Å². The fourth-order valence-corrected chi connectivity index (χ4v) is 4.41. The molecule has 0 amide bonds. The highest BCUT2D eigenvalue weighted by molar-refractivity contribution is 5.44. The van der Waals surface area contributed by atoms with Crippen LogP contribution < -0.4 is 10.3 Å². The molecule has 0 unspecified atom stereocenters. The quantitative estimate of drug-likeness (QED) is 0.918. The SMILES string of the molecule is COc1cc2c(cc1CN1CCC(c3cc(=O)[nH]c(C)n3)CC1)CCC2. The Labute approximate surface area is 154 Å². The molecule has 1 aromatic heterocycles. The van der Waals surface area contributed by atoms with Crippen LogP contribution in [0, 0.1) is 6.92 Å². The Balaban J connectivity index is 1.43. The molecule has 5 heteroatoms. The van der Waals surface area contributed by atoms with Crippen LogP contribution in [-0.4, -0.2) is 35.1 Å². The van der Waals surface area contributed by atoms with Gasteiger partial charge in [-0.25, -0.2) is 4.98 Å². The second-order valence-corrected chi connectivity index (χ2v) is 7.59. The van der Waals surface area contributed by atoms with Crippen molar-refractivity contribution in [3.05, 3.63) is 56.8 Å². The third-order valence-corrected chi connectivity index (χ3v) is 5.77. The summed E-state index contributed by atoms with van der Waals surface area (Å²) in [5.74, 6) is 2.12. The number of aryl methyl sites for hydroxylation is 3. The van der Waals surface area contributed by atoms with Gasteiger partial charge >= 0.3 is 0 Å². The molecule has 0 bridgehead atoms. The molecule has 0 atom stereocenters. The first-order valence-corrected chi connectivity index (χ1v) is 9.61. The largest absolute Gasteiger partial charge is 0.496 e. The Kier molecular flexibility index (Phi) is 4.81. The first-order valence-electron chi connectivity index (χ1n) is 9.61. The molecule has 1 aliphatic heterocycles. The summed E-state index contributed by atoms with van der Waals surface area (Å²) >= 11 is 0. The standard InChI is InChI=1S/C21H27N3O2/c1-14-22-19(12-21(25)23-14)15-6-8-24(9-7-15)13-18-10-16-4-3-5-17(16)11-20(18)26-2/h10-12,15H,3-9,13H2,1-2H3,(H,22,23,25). The van der Waals surface area contributed by atoms with Crippen molar-refractivity contribution in [2.75, 3.05) is 20.2 Å². The number of rotatable bonds is 4. The molecule has 138 valence electrons. The first kappa shape index (κ1) is 17.3. The fraction of sp³-hybridized carbons (Fsp3) is 0.524. The number of likely N-dealkylation sites (tertiary alicyclic amines) is 1. The average molecular weight is 353 g/mol. The van der Waals surface area contributed by atoms with Crippen LogP contribution in [0.4, 0.5) is 0 Å². The minimum absolute atomic E-state index is 0.0437. The van der Waals surface area contributed by atoms with E-state index in [-0.39, 0.29) is 5.56 Å². The molecule has 0 spiro atoms. The van der Waals surface area contributed by atoms with Crippen molar-refractivity contribution in [2.45, 2.75) is 51.5 Å². The fourth-order valence-electron chi connectivity index (χ4n) is 4.41. The lowest BCUT2D eigenvalue weighted by Crippen LogP contribution is -2.33. The van der Waals surface area contributed by atoms with Gasteiger partial charge in [-0.1, -0.05) is 6.07 Å². The van der Waals surface area contributed by atoms with Crippen LogP contribution >= 0.6 is 0 Å². The second kappa shape index (κ2) is 7.23. The number of piperidine rings is 1. The van der Waals surface area contributed by atoms with Crippen LogP contribution in [0.25, 0.3) is 0 Å². The van der Waals surface area contributed by atoms with Gasteiger partial charge in [0.15, 0.2) is 0 Å². The van der Waals surface area contributed by atoms with E-state index >= 15 is 0 Å². The van der Waals surface area contributed by atoms with E-state index in [9.17, 15) is 4.79 Å². The first-order chi connectivity index (χ1) is 12.6. The maximum Gasteiger partial charge on any atom is 0.251 e. The number of hydrogen-bond acceptors (Lipinski definition) is 4. The van der Waals surface area contributed by atoms with Crippen LogP contribution in [-0.2, 0) is 19.4 Å². The van der Waals surface area contributed by atoms with E-state index in [1.807, 2.05) is 6.92 Å². The summed E-state index contributed by atoms with van der Waals surface area (Å²) in [6, 6.07) is 6.26. The van der Waals surface area contributed by atoms with Crippen molar-refractivity contribution in [3.8, 4) is 5.75 Å². The van der Waals surface area contributed by atoms with Crippen molar-refractivity contribution in [2.24, 2.45) is 0 Å². The number of fused-ring (bicyclic) bond motifs is 1. The predicted molar refractivity (Wildman–Crippen MR) is 102 cm³/mol. The zero-order valence-corrected chi connectivity index (χ0v) is 15.7. The molecule has 2 aliphatic rings. The smallest absolute Gasteiger partial charge is 0.251 e. The van der Waals surface area contributed by atoms with E-state index in [0.717, 1.165) is 43.9 Å². The maximum atomic E-state index is 11.7. The van der Waals surface area contributed by atoms with Crippen LogP contribution in [0.5, 0.6) is 5.75 Å². The van der Waals surface area contributed by atoms with Gasteiger partial charge in [-0.2, -0.15) is 0 Å². The van der Waals surface area contributed by atoms with E-state index < -0.39 is 0 Å². The van der Waals surface area contributed by atoms with Gasteiger partial charge < -0.3 is 9.72 Å². The third kappa shape index (κ3) is 3.54. The van der Waals surface area contributed by atoms with Gasteiger partial charge in [0.1, 0.15) is 11.6 Å². The molecule has 1 N–H and O–H groups in total. The molecule has 26 heavy (non-hydrogen) atoms. The highest BCUT2D eigenvalue weighted by Crippen LogP contribution is 2.32. The predicted octanol–water partition coefficient (Wildman–Crippen LogP) is 2.96. The monoisotopic (exact) mass is 353 g/mol. The molecule has 1 aliphatic carbocycles. The molecular weight excluding hydrogens is 326 g/mol. The zero-order valence-electron chi connectivity index (χ0n) is 15.7. The summed E-state index contributed by atoms with van der Waals surface area (Å²) in [7, 11) is 1.77. The highest BCUT2D eigenvalue weighted by Gasteiger charge is 2.24. The van der Waals surface area contributed by atoms with Gasteiger partial charge in [-0.3, -0.25) is 9.69 Å². The minimum Gasteiger partial charge on any atom is -0.496 e. The minimum atomic E-state index is -0.0437. The number of methoxy groups -OCH3 is 1. The molecule has 0 radical (unpaired) electrons. The summed E-state index contributed by atoms with van der Waals surface area (Å²) in [4.78, 5) is 21.5.